The molecule has 10 heteroatoms. The van der Waals surface area contributed by atoms with E-state index in [0.717, 1.165) is 0 Å². The van der Waals surface area contributed by atoms with Crippen LogP contribution >= 0.6 is 11.3 Å². The van der Waals surface area contributed by atoms with Gasteiger partial charge in [0.05, 0.1) is 28.6 Å². The van der Waals surface area contributed by atoms with Gasteiger partial charge in [-0.05, 0) is 42.8 Å². The van der Waals surface area contributed by atoms with Crippen molar-refractivity contribution in [2.75, 3.05) is 36.5 Å². The third-order valence-corrected chi connectivity index (χ3v) is 6.42. The smallest absolute Gasteiger partial charge is 0.324 e. The number of thiazole rings is 1. The second-order valence-electron chi connectivity index (χ2n) is 7.88. The average Bonchev–Trinajstić information content (AvgIpc) is 3.14. The van der Waals surface area contributed by atoms with Crippen molar-refractivity contribution >= 4 is 38.4 Å². The third kappa shape index (κ3) is 4.82. The fourth-order valence-electron chi connectivity index (χ4n) is 3.86. The van der Waals surface area contributed by atoms with Crippen molar-refractivity contribution in [2.45, 2.75) is 25.5 Å². The van der Waals surface area contributed by atoms with Gasteiger partial charge in [-0.25, -0.2) is 18.6 Å². The SMILES string of the molecule is C[C@H]1CN(c2ccc(C[C@@H](O)CO)cc2F)CCN1C(=O)Nc1nc2ccc(F)cc2s1. The normalized spacial score (nSPS) is 17.6. The highest BCUT2D eigenvalue weighted by Crippen LogP contribution is 2.28. The molecule has 2 heterocycles. The molecule has 0 radical (unpaired) electrons. The molecule has 0 unspecified atom stereocenters. The molecule has 3 N–H and O–H groups in total. The van der Waals surface area contributed by atoms with Crippen LogP contribution in [0.15, 0.2) is 36.4 Å². The number of piperazine rings is 1. The van der Waals surface area contributed by atoms with E-state index in [1.807, 2.05) is 11.8 Å². The first-order valence-electron chi connectivity index (χ1n) is 10.3. The first kappa shape index (κ1) is 22.4. The predicted octanol–water partition coefficient (Wildman–Crippen LogP) is 3.21. The van der Waals surface area contributed by atoms with Crippen LogP contribution in [0.2, 0.25) is 0 Å². The fourth-order valence-corrected chi connectivity index (χ4v) is 4.74. The number of hydrogen-bond acceptors (Lipinski definition) is 6. The number of nitrogens with one attached hydrogen (secondary N) is 1. The van der Waals surface area contributed by atoms with Crippen molar-refractivity contribution in [3.63, 3.8) is 0 Å². The van der Waals surface area contributed by atoms with E-state index >= 15 is 0 Å². The van der Waals surface area contributed by atoms with Gasteiger partial charge in [0, 0.05) is 32.1 Å². The summed E-state index contributed by atoms with van der Waals surface area (Å²) in [5, 5.41) is 21.7. The molecule has 0 aliphatic carbocycles. The number of hydrogen-bond donors (Lipinski definition) is 3. The number of aliphatic hydroxyl groups is 2. The van der Waals surface area contributed by atoms with Crippen molar-refractivity contribution in [1.82, 2.24) is 9.88 Å². The summed E-state index contributed by atoms with van der Waals surface area (Å²) in [5.74, 6) is -0.756. The van der Waals surface area contributed by atoms with Crippen LogP contribution in [0.4, 0.5) is 24.4 Å². The summed E-state index contributed by atoms with van der Waals surface area (Å²) in [4.78, 5) is 20.7. The van der Waals surface area contributed by atoms with Gasteiger partial charge in [0.2, 0.25) is 0 Å². The Balaban J connectivity index is 1.39. The molecular formula is C22H24F2N4O3S. The lowest BCUT2D eigenvalue weighted by Gasteiger charge is -2.40. The lowest BCUT2D eigenvalue weighted by molar-refractivity contribution is 0.0954. The van der Waals surface area contributed by atoms with E-state index in [1.54, 1.807) is 23.1 Å². The van der Waals surface area contributed by atoms with E-state index in [1.165, 1.54) is 29.5 Å². The molecule has 1 aliphatic rings. The van der Waals surface area contributed by atoms with E-state index < -0.39 is 11.9 Å². The second kappa shape index (κ2) is 9.35. The van der Waals surface area contributed by atoms with Gasteiger partial charge in [0.25, 0.3) is 0 Å². The predicted molar refractivity (Wildman–Crippen MR) is 120 cm³/mol. The van der Waals surface area contributed by atoms with Gasteiger partial charge >= 0.3 is 6.03 Å². The molecule has 1 aromatic heterocycles. The highest BCUT2D eigenvalue weighted by atomic mass is 32.1. The van der Waals surface area contributed by atoms with Crippen molar-refractivity contribution in [3.8, 4) is 0 Å². The Kier molecular flexibility index (Phi) is 6.54. The van der Waals surface area contributed by atoms with Gasteiger partial charge < -0.3 is 20.0 Å². The summed E-state index contributed by atoms with van der Waals surface area (Å²) in [5.41, 5.74) is 1.66. The van der Waals surface area contributed by atoms with Crippen molar-refractivity contribution < 1.29 is 23.8 Å². The molecule has 1 aliphatic heterocycles. The van der Waals surface area contributed by atoms with Crippen LogP contribution in [0.25, 0.3) is 10.2 Å². The molecule has 2 aromatic carbocycles. The standard InChI is InChI=1S/C22H24F2N4O3S/c1-13-11-27(19-5-2-14(9-17(19)24)8-16(30)12-29)6-7-28(13)22(31)26-21-25-18-4-3-15(23)10-20(18)32-21/h2-5,9-10,13,16,29-30H,6-8,11-12H2,1H3,(H,25,26,31)/t13-,16+/m0/s1. The highest BCUT2D eigenvalue weighted by Gasteiger charge is 2.29. The lowest BCUT2D eigenvalue weighted by Crippen LogP contribution is -2.55. The monoisotopic (exact) mass is 462 g/mol. The van der Waals surface area contributed by atoms with Crippen LogP contribution in [0, 0.1) is 11.6 Å². The van der Waals surface area contributed by atoms with E-state index in [2.05, 4.69) is 10.3 Å². The molecule has 2 atom stereocenters. The lowest BCUT2D eigenvalue weighted by atomic mass is 10.1. The first-order chi connectivity index (χ1) is 15.3. The van der Waals surface area contributed by atoms with Gasteiger partial charge in [0.1, 0.15) is 11.6 Å². The number of benzene rings is 2. The minimum atomic E-state index is -0.920. The molecule has 170 valence electrons. The molecule has 3 aromatic rings. The summed E-state index contributed by atoms with van der Waals surface area (Å²) >= 11 is 1.21. The summed E-state index contributed by atoms with van der Waals surface area (Å²) < 4.78 is 28.7. The molecule has 7 nitrogen and oxygen atoms in total. The number of urea groups is 1. The Labute approximate surface area is 187 Å². The Morgan fingerprint density at radius 3 is 2.81 bits per heavy atom. The molecule has 32 heavy (non-hydrogen) atoms. The van der Waals surface area contributed by atoms with E-state index in [-0.39, 0.29) is 30.9 Å². The van der Waals surface area contributed by atoms with Crippen LogP contribution in [0.3, 0.4) is 0 Å². The third-order valence-electron chi connectivity index (χ3n) is 5.49. The number of aromatic nitrogens is 1. The summed E-state index contributed by atoms with van der Waals surface area (Å²) in [6.45, 7) is 2.82. The second-order valence-corrected chi connectivity index (χ2v) is 8.91. The number of fused-ring (bicyclic) bond motifs is 1. The zero-order valence-corrected chi connectivity index (χ0v) is 18.3. The van der Waals surface area contributed by atoms with Gasteiger partial charge in [0.15, 0.2) is 5.13 Å². The Morgan fingerprint density at radius 1 is 1.28 bits per heavy atom. The van der Waals surface area contributed by atoms with Gasteiger partial charge in [-0.3, -0.25) is 5.32 Å². The van der Waals surface area contributed by atoms with Crippen LogP contribution in [0.5, 0.6) is 0 Å². The number of rotatable bonds is 5. The highest BCUT2D eigenvalue weighted by molar-refractivity contribution is 7.22. The number of carbonyl (C=O) groups excluding carboxylic acids is 1. The Morgan fingerprint density at radius 2 is 2.09 bits per heavy atom. The fraction of sp³-hybridized carbons (Fsp3) is 0.364. The Hall–Kier alpha value is -2.82. The summed E-state index contributed by atoms with van der Waals surface area (Å²) in [6, 6.07) is 8.57. The molecule has 1 fully saturated rings. The maximum Gasteiger partial charge on any atom is 0.324 e. The maximum absolute atomic E-state index is 14.7. The molecule has 0 spiro atoms. The summed E-state index contributed by atoms with van der Waals surface area (Å²) in [6.07, 6.45) is -0.743. The van der Waals surface area contributed by atoms with Gasteiger partial charge in [-0.15, -0.1) is 0 Å². The Bertz CT molecular complexity index is 1130. The van der Waals surface area contributed by atoms with E-state index in [0.29, 0.717) is 46.2 Å². The number of nitrogens with zero attached hydrogens (tertiary/aromatic N) is 3. The number of anilines is 2. The maximum atomic E-state index is 14.7. The quantitative estimate of drug-likeness (QED) is 0.542. The summed E-state index contributed by atoms with van der Waals surface area (Å²) in [7, 11) is 0. The molecular weight excluding hydrogens is 438 g/mol. The zero-order valence-electron chi connectivity index (χ0n) is 17.5. The minimum Gasteiger partial charge on any atom is -0.394 e. The van der Waals surface area contributed by atoms with Gasteiger partial charge in [-0.2, -0.15) is 0 Å². The van der Waals surface area contributed by atoms with Gasteiger partial charge in [-0.1, -0.05) is 17.4 Å². The zero-order chi connectivity index (χ0) is 22.8. The number of carbonyl (C=O) groups is 1. The molecule has 0 saturated carbocycles. The number of aliphatic hydroxyl groups excluding tert-OH is 2. The van der Waals surface area contributed by atoms with Crippen LogP contribution in [0.1, 0.15) is 12.5 Å². The number of amides is 2. The number of halogens is 2. The van der Waals surface area contributed by atoms with Crippen molar-refractivity contribution in [2.24, 2.45) is 0 Å². The van der Waals surface area contributed by atoms with Crippen molar-refractivity contribution in [1.29, 1.82) is 0 Å². The van der Waals surface area contributed by atoms with Crippen LogP contribution in [-0.2, 0) is 6.42 Å². The first-order valence-corrected chi connectivity index (χ1v) is 11.1. The minimum absolute atomic E-state index is 0.175. The average molecular weight is 463 g/mol. The largest absolute Gasteiger partial charge is 0.394 e. The van der Waals surface area contributed by atoms with E-state index in [4.69, 9.17) is 5.11 Å². The topological polar surface area (TPSA) is 88.9 Å². The van der Waals surface area contributed by atoms with Crippen LogP contribution < -0.4 is 10.2 Å². The van der Waals surface area contributed by atoms with E-state index in [9.17, 15) is 18.7 Å². The molecule has 4 rings (SSSR count). The molecule has 2 amide bonds. The van der Waals surface area contributed by atoms with Crippen LogP contribution in [-0.4, -0.2) is 64.5 Å². The molecule has 0 bridgehead atoms. The molecule has 1 saturated heterocycles. The van der Waals surface area contributed by atoms with Crippen molar-refractivity contribution in [3.05, 3.63) is 53.6 Å².